The molecule has 6 aromatic carbocycles. The smallest absolute Gasteiger partial charge is 0.460 e. The molecule has 0 aromatic heterocycles. The molecule has 6 aromatic rings. The van der Waals surface area contributed by atoms with Crippen LogP contribution in [0, 0.1) is 0 Å². The Morgan fingerprint density at radius 2 is 0.617 bits per heavy atom. The number of benzene rings is 6. The first-order valence-corrected chi connectivity index (χ1v) is 22.6. The first kappa shape index (κ1) is 62.1. The van der Waals surface area contributed by atoms with Gasteiger partial charge in [-0.15, -0.1) is 0 Å². The fraction of sp³-hybridized carbons (Fsp3) is 0.373. The van der Waals surface area contributed by atoms with Crippen molar-refractivity contribution in [2.45, 2.75) is 102 Å². The van der Waals surface area contributed by atoms with E-state index < -0.39 is 115 Å². The highest BCUT2D eigenvalue weighted by Crippen LogP contribution is 2.63. The minimum atomic E-state index is -8.13. The Labute approximate surface area is 436 Å². The molecule has 442 valence electrons. The summed E-state index contributed by atoms with van der Waals surface area (Å²) in [5.74, 6) is -77.3. The highest BCUT2D eigenvalue weighted by Gasteiger charge is 2.92. The first-order chi connectivity index (χ1) is 36.8. The van der Waals surface area contributed by atoms with Crippen LogP contribution in [0.5, 0.6) is 11.5 Å². The monoisotopic (exact) mass is 1200 g/mol. The third kappa shape index (κ3) is 9.65. The molecule has 2 unspecified atom stereocenters. The Hall–Kier alpha value is -6.46. The van der Waals surface area contributed by atoms with Gasteiger partial charge in [0.2, 0.25) is 0 Å². The lowest BCUT2D eigenvalue weighted by atomic mass is 9.67. The molecule has 1 aliphatic rings. The van der Waals surface area contributed by atoms with Crippen LogP contribution in [0.25, 0.3) is 32.7 Å². The fourth-order valence-electron chi connectivity index (χ4n) is 9.07. The zero-order chi connectivity index (χ0) is 61.0. The van der Waals surface area contributed by atoms with E-state index in [9.17, 15) is 124 Å². The molecule has 7 rings (SSSR count). The van der Waals surface area contributed by atoms with Crippen LogP contribution in [0.4, 0.5) is 114 Å². The number of aliphatic hydroxyl groups is 2. The van der Waals surface area contributed by atoms with Crippen molar-refractivity contribution in [2.24, 2.45) is 0 Å². The molecule has 0 amide bonds. The molecule has 0 heterocycles. The van der Waals surface area contributed by atoms with Gasteiger partial charge in [0.15, 0.2) is 0 Å². The zero-order valence-electron chi connectivity index (χ0n) is 39.6. The molecule has 2 N–H and O–H groups in total. The lowest BCUT2D eigenvalue weighted by Gasteiger charge is -2.40. The quantitative estimate of drug-likeness (QED) is 0.0747. The summed E-state index contributed by atoms with van der Waals surface area (Å²) in [5.41, 5.74) is 2.65. The second-order valence-corrected chi connectivity index (χ2v) is 18.6. The maximum Gasteiger partial charge on any atom is 0.460 e. The van der Waals surface area contributed by atoms with Crippen molar-refractivity contribution in [1.82, 2.24) is 0 Å². The number of aliphatic hydroxyl groups excluding tert-OH is 2. The Morgan fingerprint density at radius 1 is 0.333 bits per heavy atom. The molecule has 4 nitrogen and oxygen atoms in total. The van der Waals surface area contributed by atoms with Crippen LogP contribution in [-0.2, 0) is 5.41 Å². The number of halogens is 26. The van der Waals surface area contributed by atoms with Gasteiger partial charge in [-0.25, -0.2) is 0 Å². The maximum absolute atomic E-state index is 14.5. The molecule has 2 atom stereocenters. The van der Waals surface area contributed by atoms with Crippen molar-refractivity contribution >= 4 is 21.5 Å². The average molecular weight is 1200 g/mol. The van der Waals surface area contributed by atoms with E-state index in [0.29, 0.717) is 33.0 Å². The van der Waals surface area contributed by atoms with E-state index in [1.807, 2.05) is 12.1 Å². The molecule has 0 aliphatic heterocycles. The largest absolute Gasteiger partial charge is 0.491 e. The standard InChI is InChI=1S/C51H32F26O4/c52-39(53,42(56,57)44(60,61)46(64,65)48(68,69)50(72,73)74)21-31(78)23-80-33-15-11-25-17-29(13-9-27(25)19-33)41(37-7-3-1-5-35(37)36-6-2-4-8-38(36)41)30-14-10-28-20-34(16-12-26(28)18-30)81-24-32(79)22-40(54,55)43(58,59)45(62,63)47(66,67)49(70,71)51(75,76)77/h1-20,31-32,78-79H,21-24H2. The van der Waals surface area contributed by atoms with Crippen molar-refractivity contribution in [3.8, 4) is 22.6 Å². The molecule has 0 saturated carbocycles. The van der Waals surface area contributed by atoms with Crippen LogP contribution < -0.4 is 9.47 Å². The lowest BCUT2D eigenvalue weighted by molar-refractivity contribution is -0.440. The third-order valence-corrected chi connectivity index (χ3v) is 13.3. The first-order valence-electron chi connectivity index (χ1n) is 22.6. The summed E-state index contributed by atoms with van der Waals surface area (Å²) >= 11 is 0. The van der Waals surface area contributed by atoms with Crippen LogP contribution in [0.2, 0.25) is 0 Å². The number of fused-ring (bicyclic) bond motifs is 5. The summed E-state index contributed by atoms with van der Waals surface area (Å²) in [6.45, 7) is -2.99. The van der Waals surface area contributed by atoms with Crippen LogP contribution in [-0.4, -0.2) is 107 Å². The van der Waals surface area contributed by atoms with E-state index in [0.717, 1.165) is 23.3 Å². The van der Waals surface area contributed by atoms with Crippen molar-refractivity contribution in [3.63, 3.8) is 0 Å². The topological polar surface area (TPSA) is 58.9 Å². The van der Waals surface area contributed by atoms with E-state index in [1.54, 1.807) is 60.7 Å². The van der Waals surface area contributed by atoms with Gasteiger partial charge in [0.25, 0.3) is 0 Å². The van der Waals surface area contributed by atoms with Gasteiger partial charge in [-0.2, -0.15) is 114 Å². The number of ether oxygens (including phenoxy) is 2. The molecule has 0 fully saturated rings. The second-order valence-electron chi connectivity index (χ2n) is 18.6. The highest BCUT2D eigenvalue weighted by molar-refractivity contribution is 5.92. The van der Waals surface area contributed by atoms with Gasteiger partial charge in [-0.3, -0.25) is 0 Å². The summed E-state index contributed by atoms with van der Waals surface area (Å²) in [5, 5.41) is 21.4. The van der Waals surface area contributed by atoms with Crippen LogP contribution >= 0.6 is 0 Å². The Balaban J connectivity index is 1.13. The van der Waals surface area contributed by atoms with E-state index in [1.165, 1.54) is 36.4 Å². The van der Waals surface area contributed by atoms with Gasteiger partial charge in [-0.1, -0.05) is 84.9 Å². The number of hydrogen-bond acceptors (Lipinski definition) is 4. The van der Waals surface area contributed by atoms with Gasteiger partial charge in [0, 0.05) is 12.8 Å². The van der Waals surface area contributed by atoms with Crippen molar-refractivity contribution in [3.05, 3.63) is 144 Å². The molecule has 0 bridgehead atoms. The SMILES string of the molecule is OC(COc1ccc2cc(C3(c4ccc5cc(OCC(O)CC(F)(F)C(F)(F)C(F)(F)C(F)(F)C(F)(F)C(F)(F)F)ccc5c4)c4ccccc4-c4ccccc43)ccc2c1)CC(F)(F)C(F)(F)C(F)(F)C(F)(F)C(F)(F)C(F)(F)F. The van der Waals surface area contributed by atoms with Gasteiger partial charge < -0.3 is 19.7 Å². The second kappa shape index (κ2) is 19.9. The van der Waals surface area contributed by atoms with E-state index >= 15 is 0 Å². The zero-order valence-corrected chi connectivity index (χ0v) is 39.6. The Bertz CT molecular complexity index is 3080. The van der Waals surface area contributed by atoms with E-state index in [2.05, 4.69) is 0 Å². The minimum Gasteiger partial charge on any atom is -0.491 e. The predicted octanol–water partition coefficient (Wildman–Crippen LogP) is 16.1. The van der Waals surface area contributed by atoms with E-state index in [-0.39, 0.29) is 22.3 Å². The van der Waals surface area contributed by atoms with Crippen LogP contribution in [0.3, 0.4) is 0 Å². The minimum absolute atomic E-state index is 0.267. The molecule has 0 spiro atoms. The summed E-state index contributed by atoms with van der Waals surface area (Å²) in [7, 11) is 0. The fourth-order valence-corrected chi connectivity index (χ4v) is 9.07. The van der Waals surface area contributed by atoms with Crippen molar-refractivity contribution in [2.75, 3.05) is 13.2 Å². The summed E-state index contributed by atoms with van der Waals surface area (Å²) in [4.78, 5) is 0. The number of rotatable bonds is 20. The molecule has 30 heteroatoms. The van der Waals surface area contributed by atoms with Crippen LogP contribution in [0.15, 0.2) is 121 Å². The average Bonchev–Trinajstić information content (AvgIpc) is 3.97. The molecule has 81 heavy (non-hydrogen) atoms. The molecular formula is C51H32F26O4. The van der Waals surface area contributed by atoms with E-state index in [4.69, 9.17) is 9.47 Å². The van der Waals surface area contributed by atoms with Gasteiger partial charge in [-0.05, 0) is 91.3 Å². The Kier molecular flexibility index (Phi) is 15.2. The lowest BCUT2D eigenvalue weighted by Crippen LogP contribution is -2.70. The summed E-state index contributed by atoms with van der Waals surface area (Å²) in [6.07, 6.45) is -27.0. The number of alkyl halides is 26. The summed E-state index contributed by atoms with van der Waals surface area (Å²) in [6, 6.07) is 31.0. The molecule has 0 saturated heterocycles. The highest BCUT2D eigenvalue weighted by atomic mass is 19.4. The third-order valence-electron chi connectivity index (χ3n) is 13.3. The predicted molar refractivity (Wildman–Crippen MR) is 233 cm³/mol. The van der Waals surface area contributed by atoms with Gasteiger partial charge in [0.1, 0.15) is 24.7 Å². The number of hydrogen-bond donors (Lipinski definition) is 2. The maximum atomic E-state index is 14.5. The molecular weight excluding hydrogens is 1170 g/mol. The van der Waals surface area contributed by atoms with Crippen LogP contribution in [0.1, 0.15) is 35.1 Å². The van der Waals surface area contributed by atoms with Gasteiger partial charge in [0.05, 0.1) is 17.6 Å². The van der Waals surface area contributed by atoms with Gasteiger partial charge >= 0.3 is 71.6 Å². The van der Waals surface area contributed by atoms with Crippen molar-refractivity contribution in [1.29, 1.82) is 0 Å². The van der Waals surface area contributed by atoms with Crippen molar-refractivity contribution < 1.29 is 134 Å². The molecule has 0 radical (unpaired) electrons. The molecule has 1 aliphatic carbocycles. The Morgan fingerprint density at radius 3 is 0.938 bits per heavy atom. The summed E-state index contributed by atoms with van der Waals surface area (Å²) < 4.78 is 364. The normalized spacial score (nSPS) is 16.1.